The molecule has 1 aromatic rings. The van der Waals surface area contributed by atoms with Crippen molar-refractivity contribution in [2.24, 2.45) is 0 Å². The second-order valence-electron chi connectivity index (χ2n) is 3.21. The molecule has 0 heterocycles. The van der Waals surface area contributed by atoms with Gasteiger partial charge in [-0.3, -0.25) is 0 Å². The smallest absolute Gasteiger partial charge is 0.115 e. The van der Waals surface area contributed by atoms with E-state index in [1.165, 1.54) is 0 Å². The van der Waals surface area contributed by atoms with Crippen LogP contribution in [-0.4, -0.2) is 10.5 Å². The number of hydrogen-bond acceptors (Lipinski definition) is 1. The third-order valence-corrected chi connectivity index (χ3v) is 2.63. The highest BCUT2D eigenvalue weighted by Gasteiger charge is 2.01. The second-order valence-corrected chi connectivity index (χ2v) is 3.83. The van der Waals surface area contributed by atoms with Gasteiger partial charge in [0.25, 0.3) is 0 Å². The molecule has 0 fully saturated rings. The minimum atomic E-state index is 0.252. The molecule has 0 aliphatic carbocycles. The molecule has 1 rings (SSSR count). The second kappa shape index (κ2) is 5.13. The molecule has 72 valence electrons. The van der Waals surface area contributed by atoms with E-state index in [4.69, 9.17) is 11.6 Å². The Labute approximate surface area is 84.4 Å². The Bertz CT molecular complexity index is 260. The Balaban J connectivity index is 2.45. The molecule has 13 heavy (non-hydrogen) atoms. The van der Waals surface area contributed by atoms with E-state index in [1.807, 2.05) is 12.1 Å². The van der Waals surface area contributed by atoms with Crippen LogP contribution in [0.1, 0.15) is 25.3 Å². The fourth-order valence-corrected chi connectivity index (χ4v) is 1.35. The SMILES string of the molecule is CCC(Cl)CCc1cccc(O)c1. The Morgan fingerprint density at radius 1 is 1.46 bits per heavy atom. The summed E-state index contributed by atoms with van der Waals surface area (Å²) in [6, 6.07) is 7.35. The molecule has 2 heteroatoms. The number of halogens is 1. The van der Waals surface area contributed by atoms with Gasteiger partial charge in [-0.05, 0) is 37.0 Å². The van der Waals surface area contributed by atoms with Crippen LogP contribution in [0.5, 0.6) is 5.75 Å². The van der Waals surface area contributed by atoms with E-state index in [-0.39, 0.29) is 5.38 Å². The van der Waals surface area contributed by atoms with Crippen LogP contribution in [0.2, 0.25) is 0 Å². The molecule has 1 atom stereocenters. The molecule has 1 N–H and O–H groups in total. The highest BCUT2D eigenvalue weighted by atomic mass is 35.5. The van der Waals surface area contributed by atoms with Crippen LogP contribution in [0.4, 0.5) is 0 Å². The normalized spacial score (nSPS) is 12.8. The zero-order chi connectivity index (χ0) is 9.68. The van der Waals surface area contributed by atoms with Crippen molar-refractivity contribution in [1.82, 2.24) is 0 Å². The number of alkyl halides is 1. The van der Waals surface area contributed by atoms with Crippen molar-refractivity contribution in [2.45, 2.75) is 31.6 Å². The van der Waals surface area contributed by atoms with Crippen molar-refractivity contribution in [3.63, 3.8) is 0 Å². The van der Waals surface area contributed by atoms with Gasteiger partial charge < -0.3 is 5.11 Å². The van der Waals surface area contributed by atoms with Gasteiger partial charge in [0.05, 0.1) is 0 Å². The fourth-order valence-electron chi connectivity index (χ4n) is 1.24. The van der Waals surface area contributed by atoms with Gasteiger partial charge >= 0.3 is 0 Å². The summed E-state index contributed by atoms with van der Waals surface area (Å²) < 4.78 is 0. The van der Waals surface area contributed by atoms with Gasteiger partial charge in [-0.25, -0.2) is 0 Å². The third kappa shape index (κ3) is 3.69. The predicted molar refractivity (Wildman–Crippen MR) is 56.4 cm³/mol. The number of phenolic OH excluding ortho intramolecular Hbond substituents is 1. The zero-order valence-corrected chi connectivity index (χ0v) is 8.59. The van der Waals surface area contributed by atoms with Crippen molar-refractivity contribution < 1.29 is 5.11 Å². The molecular formula is C11H15ClO. The monoisotopic (exact) mass is 198 g/mol. The Morgan fingerprint density at radius 2 is 2.23 bits per heavy atom. The summed E-state index contributed by atoms with van der Waals surface area (Å²) in [6.07, 6.45) is 2.91. The van der Waals surface area contributed by atoms with E-state index < -0.39 is 0 Å². The van der Waals surface area contributed by atoms with Crippen molar-refractivity contribution >= 4 is 11.6 Å². The largest absolute Gasteiger partial charge is 0.508 e. The topological polar surface area (TPSA) is 20.2 Å². The molecular weight excluding hydrogens is 184 g/mol. The van der Waals surface area contributed by atoms with Crippen molar-refractivity contribution in [1.29, 1.82) is 0 Å². The van der Waals surface area contributed by atoms with E-state index in [2.05, 4.69) is 6.92 Å². The van der Waals surface area contributed by atoms with E-state index in [0.717, 1.165) is 24.8 Å². The molecule has 1 aromatic carbocycles. The van der Waals surface area contributed by atoms with E-state index >= 15 is 0 Å². The first-order chi connectivity index (χ1) is 6.22. The lowest BCUT2D eigenvalue weighted by Crippen LogP contribution is -1.98. The Kier molecular flexibility index (Phi) is 4.10. The molecule has 0 aromatic heterocycles. The lowest BCUT2D eigenvalue weighted by Gasteiger charge is -2.05. The van der Waals surface area contributed by atoms with Gasteiger partial charge in [-0.2, -0.15) is 0 Å². The molecule has 0 aliphatic heterocycles. The summed E-state index contributed by atoms with van der Waals surface area (Å²) in [7, 11) is 0. The van der Waals surface area contributed by atoms with Gasteiger partial charge in [0.15, 0.2) is 0 Å². The summed E-state index contributed by atoms with van der Waals surface area (Å²) >= 11 is 5.99. The number of aryl methyl sites for hydroxylation is 1. The maximum Gasteiger partial charge on any atom is 0.115 e. The molecule has 1 nitrogen and oxygen atoms in total. The summed E-state index contributed by atoms with van der Waals surface area (Å²) in [6.45, 7) is 2.08. The number of benzene rings is 1. The molecule has 0 aliphatic rings. The van der Waals surface area contributed by atoms with E-state index in [0.29, 0.717) is 5.75 Å². The maximum absolute atomic E-state index is 9.20. The van der Waals surface area contributed by atoms with E-state index in [9.17, 15) is 5.11 Å². The standard InChI is InChI=1S/C11H15ClO/c1-2-10(12)7-6-9-4-3-5-11(13)8-9/h3-5,8,10,13H,2,6-7H2,1H3. The van der Waals surface area contributed by atoms with Gasteiger partial charge in [0.2, 0.25) is 0 Å². The molecule has 1 unspecified atom stereocenters. The van der Waals surface area contributed by atoms with Gasteiger partial charge in [0.1, 0.15) is 5.75 Å². The predicted octanol–water partition coefficient (Wildman–Crippen LogP) is 3.34. The first-order valence-electron chi connectivity index (χ1n) is 4.64. The summed E-state index contributed by atoms with van der Waals surface area (Å²) in [4.78, 5) is 0. The van der Waals surface area contributed by atoms with Crippen molar-refractivity contribution in [2.75, 3.05) is 0 Å². The van der Waals surface area contributed by atoms with E-state index in [1.54, 1.807) is 12.1 Å². The van der Waals surface area contributed by atoms with Crippen molar-refractivity contribution in [3.05, 3.63) is 29.8 Å². The highest BCUT2D eigenvalue weighted by molar-refractivity contribution is 6.20. The Morgan fingerprint density at radius 3 is 2.85 bits per heavy atom. The van der Waals surface area contributed by atoms with Crippen molar-refractivity contribution in [3.8, 4) is 5.75 Å². The molecule has 0 amide bonds. The quantitative estimate of drug-likeness (QED) is 0.736. The van der Waals surface area contributed by atoms with Crippen LogP contribution in [0.15, 0.2) is 24.3 Å². The van der Waals surface area contributed by atoms with Crippen LogP contribution in [-0.2, 0) is 6.42 Å². The summed E-state index contributed by atoms with van der Waals surface area (Å²) in [5.41, 5.74) is 1.15. The minimum Gasteiger partial charge on any atom is -0.508 e. The first kappa shape index (κ1) is 10.4. The summed E-state index contributed by atoms with van der Waals surface area (Å²) in [5, 5.41) is 9.45. The van der Waals surface area contributed by atoms with Gasteiger partial charge in [0, 0.05) is 5.38 Å². The maximum atomic E-state index is 9.20. The zero-order valence-electron chi connectivity index (χ0n) is 7.83. The molecule has 0 bridgehead atoms. The van der Waals surface area contributed by atoms with Crippen LogP contribution < -0.4 is 0 Å². The molecule has 0 saturated heterocycles. The van der Waals surface area contributed by atoms with Crippen LogP contribution >= 0.6 is 11.6 Å². The number of aromatic hydroxyl groups is 1. The fraction of sp³-hybridized carbons (Fsp3) is 0.455. The third-order valence-electron chi connectivity index (χ3n) is 2.10. The first-order valence-corrected chi connectivity index (χ1v) is 5.08. The average molecular weight is 199 g/mol. The Hall–Kier alpha value is -0.690. The number of rotatable bonds is 4. The average Bonchev–Trinajstić information content (AvgIpc) is 2.14. The van der Waals surface area contributed by atoms with Crippen LogP contribution in [0, 0.1) is 0 Å². The molecule has 0 radical (unpaired) electrons. The number of hydrogen-bond donors (Lipinski definition) is 1. The van der Waals surface area contributed by atoms with Gasteiger partial charge in [-0.1, -0.05) is 19.1 Å². The molecule has 0 spiro atoms. The summed E-state index contributed by atoms with van der Waals surface area (Å²) in [5.74, 6) is 0.333. The molecule has 0 saturated carbocycles. The number of phenols is 1. The lowest BCUT2D eigenvalue weighted by atomic mass is 10.1. The minimum absolute atomic E-state index is 0.252. The van der Waals surface area contributed by atoms with Gasteiger partial charge in [-0.15, -0.1) is 11.6 Å². The highest BCUT2D eigenvalue weighted by Crippen LogP contribution is 2.15. The lowest BCUT2D eigenvalue weighted by molar-refractivity contribution is 0.474. The van der Waals surface area contributed by atoms with Crippen LogP contribution in [0.25, 0.3) is 0 Å². The van der Waals surface area contributed by atoms with Crippen LogP contribution in [0.3, 0.4) is 0 Å².